The van der Waals surface area contributed by atoms with Crippen molar-refractivity contribution in [3.8, 4) is 0 Å². The van der Waals surface area contributed by atoms with Gasteiger partial charge in [-0.1, -0.05) is 30.3 Å². The minimum atomic E-state index is -0.791. The highest BCUT2D eigenvalue weighted by atomic mass is 16.4. The molecule has 1 atom stereocenters. The number of benzene rings is 1. The van der Waals surface area contributed by atoms with Gasteiger partial charge in [-0.2, -0.15) is 0 Å². The lowest BCUT2D eigenvalue weighted by molar-refractivity contribution is -0.181. The number of carbonyl (C=O) groups is 2. The number of rotatable bonds is 5. The third-order valence-electron chi connectivity index (χ3n) is 5.90. The molecule has 1 spiro atoms. The highest BCUT2D eigenvalue weighted by molar-refractivity contribution is 5.91. The Bertz CT molecular complexity index is 633. The van der Waals surface area contributed by atoms with E-state index < -0.39 is 5.97 Å². The lowest BCUT2D eigenvalue weighted by Gasteiger charge is -2.59. The summed E-state index contributed by atoms with van der Waals surface area (Å²) in [7, 11) is 0. The zero-order chi connectivity index (χ0) is 16.7. The summed E-state index contributed by atoms with van der Waals surface area (Å²) in [5.74, 6) is 0.184. The van der Waals surface area contributed by atoms with E-state index in [1.807, 2.05) is 23.1 Å². The van der Waals surface area contributed by atoms with E-state index in [0.717, 1.165) is 19.4 Å². The lowest BCUT2D eigenvalue weighted by atomic mass is 9.62. The molecule has 5 heteroatoms. The van der Waals surface area contributed by atoms with Crippen molar-refractivity contribution in [3.63, 3.8) is 0 Å². The van der Waals surface area contributed by atoms with E-state index in [9.17, 15) is 9.59 Å². The molecule has 1 aromatic carbocycles. The number of piperidine rings is 1. The average molecular weight is 328 g/mol. The van der Waals surface area contributed by atoms with Gasteiger partial charge in [0.05, 0.1) is 18.0 Å². The van der Waals surface area contributed by atoms with Crippen LogP contribution in [0.5, 0.6) is 0 Å². The summed E-state index contributed by atoms with van der Waals surface area (Å²) in [6, 6.07) is 10.5. The Morgan fingerprint density at radius 3 is 2.42 bits per heavy atom. The maximum atomic E-state index is 13.0. The van der Waals surface area contributed by atoms with Crippen LogP contribution in [-0.2, 0) is 9.59 Å². The Morgan fingerprint density at radius 1 is 1.17 bits per heavy atom. The summed E-state index contributed by atoms with van der Waals surface area (Å²) in [6.45, 7) is 2.35. The van der Waals surface area contributed by atoms with E-state index in [1.54, 1.807) is 0 Å². The van der Waals surface area contributed by atoms with Crippen molar-refractivity contribution in [1.29, 1.82) is 0 Å². The van der Waals surface area contributed by atoms with Crippen LogP contribution in [0, 0.1) is 11.3 Å². The fourth-order valence-corrected chi connectivity index (χ4v) is 4.44. The van der Waals surface area contributed by atoms with E-state index in [-0.39, 0.29) is 18.0 Å². The normalized spacial score (nSPS) is 26.4. The predicted molar refractivity (Wildman–Crippen MR) is 89.4 cm³/mol. The van der Waals surface area contributed by atoms with Gasteiger partial charge in [0, 0.05) is 6.54 Å². The first-order valence-electron chi connectivity index (χ1n) is 8.90. The molecule has 2 heterocycles. The van der Waals surface area contributed by atoms with E-state index in [0.29, 0.717) is 24.9 Å². The predicted octanol–water partition coefficient (Wildman–Crippen LogP) is 2.15. The Labute approximate surface area is 142 Å². The summed E-state index contributed by atoms with van der Waals surface area (Å²) in [4.78, 5) is 28.0. The molecule has 5 nitrogen and oxygen atoms in total. The number of aliphatic carboxylic acids is 1. The number of nitrogens with zero attached hydrogens (tertiary/aromatic N) is 2. The maximum Gasteiger partial charge on any atom is 0.317 e. The highest BCUT2D eigenvalue weighted by Crippen LogP contribution is 2.56. The summed E-state index contributed by atoms with van der Waals surface area (Å²) >= 11 is 0. The summed E-state index contributed by atoms with van der Waals surface area (Å²) in [5.41, 5.74) is 0.912. The van der Waals surface area contributed by atoms with E-state index in [2.05, 4.69) is 17.0 Å². The zero-order valence-electron chi connectivity index (χ0n) is 13.9. The maximum absolute atomic E-state index is 13.0. The first kappa shape index (κ1) is 15.6. The fraction of sp³-hybridized carbons (Fsp3) is 0.579. The van der Waals surface area contributed by atoms with Crippen molar-refractivity contribution in [2.24, 2.45) is 11.3 Å². The van der Waals surface area contributed by atoms with Gasteiger partial charge in [-0.3, -0.25) is 14.5 Å². The summed E-state index contributed by atoms with van der Waals surface area (Å²) < 4.78 is 0. The second-order valence-electron chi connectivity index (χ2n) is 7.54. The Kier molecular flexibility index (Phi) is 3.83. The first-order chi connectivity index (χ1) is 11.6. The van der Waals surface area contributed by atoms with Gasteiger partial charge >= 0.3 is 5.97 Å². The van der Waals surface area contributed by atoms with Gasteiger partial charge < -0.3 is 10.0 Å². The number of carboxylic acid groups (broad SMARTS) is 1. The number of carbonyl (C=O) groups excluding carboxylic acids is 1. The largest absolute Gasteiger partial charge is 0.480 e. The molecule has 0 unspecified atom stereocenters. The van der Waals surface area contributed by atoms with Crippen LogP contribution in [0.15, 0.2) is 30.3 Å². The van der Waals surface area contributed by atoms with Crippen LogP contribution in [0.1, 0.15) is 37.3 Å². The van der Waals surface area contributed by atoms with Gasteiger partial charge in [0.1, 0.15) is 0 Å². The zero-order valence-corrected chi connectivity index (χ0v) is 13.9. The smallest absolute Gasteiger partial charge is 0.317 e. The molecule has 3 fully saturated rings. The molecule has 0 aromatic heterocycles. The molecule has 1 N–H and O–H groups in total. The van der Waals surface area contributed by atoms with Gasteiger partial charge in [0.25, 0.3) is 0 Å². The van der Waals surface area contributed by atoms with Gasteiger partial charge in [-0.25, -0.2) is 0 Å². The molecule has 1 aliphatic carbocycles. The van der Waals surface area contributed by atoms with Gasteiger partial charge in [-0.05, 0) is 50.3 Å². The molecule has 4 rings (SSSR count). The van der Waals surface area contributed by atoms with E-state index in [1.165, 1.54) is 18.4 Å². The van der Waals surface area contributed by atoms with Crippen molar-refractivity contribution in [1.82, 2.24) is 9.80 Å². The average Bonchev–Trinajstić information content (AvgIpc) is 3.40. The molecular formula is C19H24N2O3. The molecule has 3 aliphatic rings. The number of amides is 1. The van der Waals surface area contributed by atoms with Crippen LogP contribution in [0.4, 0.5) is 0 Å². The number of carboxylic acids is 1. The van der Waals surface area contributed by atoms with Crippen LogP contribution in [-0.4, -0.2) is 53.0 Å². The molecule has 0 bridgehead atoms. The topological polar surface area (TPSA) is 60.9 Å². The standard InChI is InChI=1S/C19H24N2O3/c22-16(23)13-20-10-8-19(9-11-20)17(15-4-2-1-3-5-15)21(18(19)24)12-14-6-7-14/h1-5,14,17H,6-13H2,(H,22,23)/t17-/m0/s1. The monoisotopic (exact) mass is 328 g/mol. The molecule has 2 saturated heterocycles. The molecular weight excluding hydrogens is 304 g/mol. The van der Waals surface area contributed by atoms with Crippen LogP contribution in [0.2, 0.25) is 0 Å². The Hall–Kier alpha value is -1.88. The number of hydrogen-bond acceptors (Lipinski definition) is 3. The molecule has 1 aromatic rings. The van der Waals surface area contributed by atoms with E-state index in [4.69, 9.17) is 5.11 Å². The molecule has 2 aliphatic heterocycles. The number of hydrogen-bond donors (Lipinski definition) is 1. The molecule has 1 saturated carbocycles. The van der Waals surface area contributed by atoms with Crippen molar-refractivity contribution in [2.75, 3.05) is 26.2 Å². The van der Waals surface area contributed by atoms with Crippen molar-refractivity contribution >= 4 is 11.9 Å². The van der Waals surface area contributed by atoms with Crippen molar-refractivity contribution < 1.29 is 14.7 Å². The van der Waals surface area contributed by atoms with Gasteiger partial charge in [0.15, 0.2) is 0 Å². The Balaban J connectivity index is 1.55. The second kappa shape index (κ2) is 5.88. The van der Waals surface area contributed by atoms with Crippen LogP contribution in [0.25, 0.3) is 0 Å². The first-order valence-corrected chi connectivity index (χ1v) is 8.90. The van der Waals surface area contributed by atoms with Crippen molar-refractivity contribution in [2.45, 2.75) is 31.7 Å². The third-order valence-corrected chi connectivity index (χ3v) is 5.90. The minimum Gasteiger partial charge on any atom is -0.480 e. The minimum absolute atomic E-state index is 0.0755. The molecule has 24 heavy (non-hydrogen) atoms. The molecule has 128 valence electrons. The fourth-order valence-electron chi connectivity index (χ4n) is 4.44. The SMILES string of the molecule is O=C(O)CN1CCC2(CC1)C(=O)N(CC1CC1)[C@H]2c1ccccc1. The molecule has 1 amide bonds. The number of likely N-dealkylation sites (tertiary alicyclic amines) is 2. The van der Waals surface area contributed by atoms with Crippen LogP contribution in [0.3, 0.4) is 0 Å². The van der Waals surface area contributed by atoms with E-state index >= 15 is 0 Å². The lowest BCUT2D eigenvalue weighted by Crippen LogP contribution is -2.66. The second-order valence-corrected chi connectivity index (χ2v) is 7.54. The number of β-lactam (4-membered cyclic amide) rings is 1. The van der Waals surface area contributed by atoms with Crippen molar-refractivity contribution in [3.05, 3.63) is 35.9 Å². The quantitative estimate of drug-likeness (QED) is 0.841. The third kappa shape index (κ3) is 2.61. The summed E-state index contributed by atoms with van der Waals surface area (Å²) in [6.07, 6.45) is 4.01. The van der Waals surface area contributed by atoms with Gasteiger partial charge in [0.2, 0.25) is 5.91 Å². The molecule has 0 radical (unpaired) electrons. The summed E-state index contributed by atoms with van der Waals surface area (Å²) in [5, 5.41) is 8.98. The van der Waals surface area contributed by atoms with Crippen LogP contribution >= 0.6 is 0 Å². The highest BCUT2D eigenvalue weighted by Gasteiger charge is 2.61. The van der Waals surface area contributed by atoms with Gasteiger partial charge in [-0.15, -0.1) is 0 Å². The van der Waals surface area contributed by atoms with Crippen LogP contribution < -0.4 is 0 Å². The Morgan fingerprint density at radius 2 is 1.83 bits per heavy atom.